The Morgan fingerprint density at radius 3 is 2.36 bits per heavy atom. The number of rotatable bonds is 5. The first-order valence-corrected chi connectivity index (χ1v) is 7.47. The lowest BCUT2D eigenvalue weighted by molar-refractivity contribution is -0.122. The molecule has 0 spiro atoms. The highest BCUT2D eigenvalue weighted by Gasteiger charge is 2.10. The molecule has 2 rings (SSSR count). The molecule has 0 aliphatic carbocycles. The number of para-hydroxylation sites is 1. The van der Waals surface area contributed by atoms with Crippen LogP contribution >= 0.6 is 15.9 Å². The monoisotopic (exact) mass is 362 g/mol. The molecule has 2 aromatic rings. The van der Waals surface area contributed by atoms with Gasteiger partial charge in [-0.05, 0) is 40.2 Å². The highest BCUT2D eigenvalue weighted by atomic mass is 79.9. The van der Waals surface area contributed by atoms with Crippen LogP contribution in [0.4, 0.5) is 0 Å². The summed E-state index contributed by atoms with van der Waals surface area (Å²) in [6.07, 6.45) is 0.144. The van der Waals surface area contributed by atoms with Crippen LogP contribution in [-0.2, 0) is 4.79 Å². The highest BCUT2D eigenvalue weighted by Crippen LogP contribution is 2.15. The first kappa shape index (κ1) is 16.0. The Morgan fingerprint density at radius 2 is 1.64 bits per heavy atom. The molecule has 2 N–H and O–H groups in total. The number of hydrogen-bond acceptors (Lipinski definition) is 3. The van der Waals surface area contributed by atoms with Gasteiger partial charge in [-0.2, -0.15) is 0 Å². The van der Waals surface area contributed by atoms with Crippen LogP contribution in [0, 0.1) is 0 Å². The Balaban J connectivity index is 1.72. The number of benzene rings is 2. The Labute approximate surface area is 136 Å². The number of hydrogen-bond donors (Lipinski definition) is 2. The van der Waals surface area contributed by atoms with Crippen molar-refractivity contribution in [1.82, 2.24) is 10.9 Å². The second kappa shape index (κ2) is 8.19. The first-order valence-electron chi connectivity index (χ1n) is 6.68. The van der Waals surface area contributed by atoms with Gasteiger partial charge in [-0.1, -0.05) is 30.3 Å². The normalized spacial score (nSPS) is 9.86. The first-order chi connectivity index (χ1) is 10.7. The molecule has 0 bridgehead atoms. The second-order valence-electron chi connectivity index (χ2n) is 4.39. The molecule has 0 aromatic heterocycles. The molecule has 114 valence electrons. The summed E-state index contributed by atoms with van der Waals surface area (Å²) in [5.74, 6) is -0.00584. The molecule has 0 aliphatic rings. The third-order valence-electron chi connectivity index (χ3n) is 2.77. The lowest BCUT2D eigenvalue weighted by atomic mass is 10.2. The van der Waals surface area contributed by atoms with Crippen LogP contribution in [-0.4, -0.2) is 18.4 Å². The quantitative estimate of drug-likeness (QED) is 0.803. The second-order valence-corrected chi connectivity index (χ2v) is 5.25. The van der Waals surface area contributed by atoms with E-state index in [1.165, 1.54) is 0 Å². The zero-order valence-corrected chi connectivity index (χ0v) is 13.3. The maximum atomic E-state index is 11.9. The zero-order chi connectivity index (χ0) is 15.8. The molecule has 0 heterocycles. The van der Waals surface area contributed by atoms with Crippen molar-refractivity contribution in [2.75, 3.05) is 6.61 Å². The van der Waals surface area contributed by atoms with Gasteiger partial charge in [-0.15, -0.1) is 0 Å². The van der Waals surface area contributed by atoms with E-state index in [4.69, 9.17) is 4.74 Å². The van der Waals surface area contributed by atoms with Crippen LogP contribution in [0.25, 0.3) is 0 Å². The van der Waals surface area contributed by atoms with E-state index in [0.717, 1.165) is 0 Å². The third kappa shape index (κ3) is 4.89. The Morgan fingerprint density at radius 1 is 0.955 bits per heavy atom. The molecule has 0 atom stereocenters. The predicted molar refractivity (Wildman–Crippen MR) is 86.3 cm³/mol. The molecule has 2 amide bonds. The van der Waals surface area contributed by atoms with E-state index in [1.54, 1.807) is 24.3 Å². The van der Waals surface area contributed by atoms with Crippen LogP contribution in [0.1, 0.15) is 16.8 Å². The summed E-state index contributed by atoms with van der Waals surface area (Å²) >= 11 is 3.28. The largest absolute Gasteiger partial charge is 0.493 e. The fourth-order valence-corrected chi connectivity index (χ4v) is 2.14. The predicted octanol–water partition coefficient (Wildman–Crippen LogP) is 2.68. The van der Waals surface area contributed by atoms with Crippen LogP contribution < -0.4 is 15.6 Å². The van der Waals surface area contributed by atoms with Crippen LogP contribution in [0.3, 0.4) is 0 Å². The van der Waals surface area contributed by atoms with Gasteiger partial charge in [0, 0.05) is 4.47 Å². The van der Waals surface area contributed by atoms with E-state index < -0.39 is 0 Å². The van der Waals surface area contributed by atoms with Crippen molar-refractivity contribution in [3.05, 3.63) is 64.6 Å². The van der Waals surface area contributed by atoms with Gasteiger partial charge in [0.25, 0.3) is 5.91 Å². The summed E-state index contributed by atoms with van der Waals surface area (Å²) in [4.78, 5) is 23.5. The topological polar surface area (TPSA) is 67.4 Å². The minimum Gasteiger partial charge on any atom is -0.493 e. The zero-order valence-electron chi connectivity index (χ0n) is 11.7. The van der Waals surface area contributed by atoms with E-state index in [2.05, 4.69) is 26.8 Å². The molecule has 0 saturated heterocycles. The fourth-order valence-electron chi connectivity index (χ4n) is 1.68. The maximum Gasteiger partial charge on any atom is 0.270 e. The molecule has 6 heteroatoms. The number of carbonyl (C=O) groups is 2. The minimum absolute atomic E-state index is 0.144. The van der Waals surface area contributed by atoms with Crippen molar-refractivity contribution < 1.29 is 14.3 Å². The van der Waals surface area contributed by atoms with E-state index in [-0.39, 0.29) is 24.8 Å². The van der Waals surface area contributed by atoms with Crippen molar-refractivity contribution in [1.29, 1.82) is 0 Å². The van der Waals surface area contributed by atoms with Gasteiger partial charge in [-0.3, -0.25) is 20.4 Å². The van der Waals surface area contributed by atoms with Gasteiger partial charge in [0.1, 0.15) is 5.75 Å². The molecule has 22 heavy (non-hydrogen) atoms. The average Bonchev–Trinajstić information content (AvgIpc) is 2.54. The lowest BCUT2D eigenvalue weighted by Gasteiger charge is -2.09. The molecule has 0 aliphatic heterocycles. The molecule has 0 saturated carbocycles. The lowest BCUT2D eigenvalue weighted by Crippen LogP contribution is -2.42. The number of hydrazine groups is 1. The highest BCUT2D eigenvalue weighted by molar-refractivity contribution is 9.10. The molecule has 0 fully saturated rings. The Kier molecular flexibility index (Phi) is 5.97. The Bertz CT molecular complexity index is 647. The van der Waals surface area contributed by atoms with Crippen LogP contribution in [0.2, 0.25) is 0 Å². The molecule has 0 radical (unpaired) electrons. The average molecular weight is 363 g/mol. The Hall–Kier alpha value is -2.34. The van der Waals surface area contributed by atoms with E-state index in [0.29, 0.717) is 15.8 Å². The standard InChI is InChI=1S/C16H15BrN2O3/c17-14-9-5-4-8-13(14)16(21)19-18-15(20)10-11-22-12-6-2-1-3-7-12/h1-9H,10-11H2,(H,18,20)(H,19,21). The number of ether oxygens (including phenoxy) is 1. The van der Waals surface area contributed by atoms with Gasteiger partial charge in [0.2, 0.25) is 5.91 Å². The SMILES string of the molecule is O=C(CCOc1ccccc1)NNC(=O)c1ccccc1Br. The van der Waals surface area contributed by atoms with Crippen molar-refractivity contribution in [3.63, 3.8) is 0 Å². The van der Waals surface area contributed by atoms with Gasteiger partial charge in [0.05, 0.1) is 18.6 Å². The van der Waals surface area contributed by atoms with E-state index >= 15 is 0 Å². The van der Waals surface area contributed by atoms with Crippen LogP contribution in [0.15, 0.2) is 59.1 Å². The minimum atomic E-state index is -0.384. The summed E-state index contributed by atoms with van der Waals surface area (Å²) in [6, 6.07) is 16.2. The summed E-state index contributed by atoms with van der Waals surface area (Å²) in [5.41, 5.74) is 5.17. The van der Waals surface area contributed by atoms with Crippen LogP contribution in [0.5, 0.6) is 5.75 Å². The van der Waals surface area contributed by atoms with Gasteiger partial charge in [0.15, 0.2) is 0 Å². The summed E-state index contributed by atoms with van der Waals surface area (Å²) < 4.78 is 6.07. The third-order valence-corrected chi connectivity index (χ3v) is 3.47. The van der Waals surface area contributed by atoms with E-state index in [1.807, 2.05) is 30.3 Å². The summed E-state index contributed by atoms with van der Waals surface area (Å²) in [6.45, 7) is 0.237. The smallest absolute Gasteiger partial charge is 0.270 e. The number of nitrogens with one attached hydrogen (secondary N) is 2. The molecular formula is C16H15BrN2O3. The fraction of sp³-hybridized carbons (Fsp3) is 0.125. The summed E-state index contributed by atoms with van der Waals surface area (Å²) in [5, 5.41) is 0. The van der Waals surface area contributed by atoms with Gasteiger partial charge in [-0.25, -0.2) is 0 Å². The maximum absolute atomic E-state index is 11.9. The van der Waals surface area contributed by atoms with E-state index in [9.17, 15) is 9.59 Å². The number of carbonyl (C=O) groups excluding carboxylic acids is 2. The van der Waals surface area contributed by atoms with Crippen molar-refractivity contribution in [3.8, 4) is 5.75 Å². The summed E-state index contributed by atoms with van der Waals surface area (Å²) in [7, 11) is 0. The molecule has 0 unspecified atom stereocenters. The molecular weight excluding hydrogens is 348 g/mol. The molecule has 2 aromatic carbocycles. The number of halogens is 1. The van der Waals surface area contributed by atoms with Gasteiger partial charge < -0.3 is 4.74 Å². The van der Waals surface area contributed by atoms with Crippen molar-refractivity contribution >= 4 is 27.7 Å². The molecule has 5 nitrogen and oxygen atoms in total. The van der Waals surface area contributed by atoms with Crippen molar-refractivity contribution in [2.45, 2.75) is 6.42 Å². The number of amides is 2. The van der Waals surface area contributed by atoms with Crippen molar-refractivity contribution in [2.24, 2.45) is 0 Å². The van der Waals surface area contributed by atoms with Gasteiger partial charge >= 0.3 is 0 Å².